The maximum absolute atomic E-state index is 6.20. The minimum Gasteiger partial charge on any atom is -0.496 e. The summed E-state index contributed by atoms with van der Waals surface area (Å²) in [5.74, 6) is 0.884. The lowest BCUT2D eigenvalue weighted by atomic mass is 10.1. The van der Waals surface area contributed by atoms with Gasteiger partial charge in [0.05, 0.1) is 12.4 Å². The normalized spacial score (nSPS) is 13.8. The Hall–Kier alpha value is -0.970. The molecule has 0 spiro atoms. The van der Waals surface area contributed by atoms with Gasteiger partial charge in [-0.15, -0.1) is 11.8 Å². The summed E-state index contributed by atoms with van der Waals surface area (Å²) >= 11 is 5.34. The first-order valence-electron chi connectivity index (χ1n) is 6.43. The predicted octanol–water partition coefficient (Wildman–Crippen LogP) is 4.64. The Kier molecular flexibility index (Phi) is 5.52. The van der Waals surface area contributed by atoms with Crippen molar-refractivity contribution in [3.05, 3.63) is 58.6 Å². The van der Waals surface area contributed by atoms with Crippen molar-refractivity contribution in [1.29, 1.82) is 0 Å². The Bertz CT molecular complexity index is 574. The molecule has 0 heterocycles. The highest BCUT2D eigenvalue weighted by atomic mass is 79.9. The molecule has 2 aromatic rings. The maximum Gasteiger partial charge on any atom is 0.123 e. The first kappa shape index (κ1) is 15.4. The smallest absolute Gasteiger partial charge is 0.123 e. The van der Waals surface area contributed by atoms with Crippen LogP contribution in [0.15, 0.2) is 57.9 Å². The van der Waals surface area contributed by atoms with E-state index in [4.69, 9.17) is 10.5 Å². The van der Waals surface area contributed by atoms with Gasteiger partial charge < -0.3 is 10.5 Å². The standard InChI is InChI=1S/C16H18BrNOS/c1-11(18)16(12-7-3-5-9-14(12)19-2)20-15-10-6-4-8-13(15)17/h3-11,16H,18H2,1-2H3. The van der Waals surface area contributed by atoms with Gasteiger partial charge in [-0.3, -0.25) is 0 Å². The van der Waals surface area contributed by atoms with E-state index in [1.165, 1.54) is 4.90 Å². The van der Waals surface area contributed by atoms with Crippen LogP contribution in [-0.4, -0.2) is 13.2 Å². The van der Waals surface area contributed by atoms with Crippen LogP contribution >= 0.6 is 27.7 Å². The first-order chi connectivity index (χ1) is 9.63. The number of nitrogens with two attached hydrogens (primary N) is 1. The number of hydrogen-bond acceptors (Lipinski definition) is 3. The fraction of sp³-hybridized carbons (Fsp3) is 0.250. The van der Waals surface area contributed by atoms with Gasteiger partial charge in [-0.2, -0.15) is 0 Å². The second kappa shape index (κ2) is 7.16. The zero-order valence-electron chi connectivity index (χ0n) is 11.5. The minimum atomic E-state index is 0.0170. The number of ether oxygens (including phenoxy) is 1. The van der Waals surface area contributed by atoms with Crippen LogP contribution in [0, 0.1) is 0 Å². The zero-order chi connectivity index (χ0) is 14.5. The zero-order valence-corrected chi connectivity index (χ0v) is 13.9. The highest BCUT2D eigenvalue weighted by molar-refractivity contribution is 9.10. The Morgan fingerprint density at radius 2 is 1.75 bits per heavy atom. The van der Waals surface area contributed by atoms with Gasteiger partial charge in [-0.25, -0.2) is 0 Å². The molecule has 0 aliphatic rings. The molecule has 4 heteroatoms. The molecule has 2 unspecified atom stereocenters. The average Bonchev–Trinajstić information content (AvgIpc) is 2.46. The van der Waals surface area contributed by atoms with Crippen molar-refractivity contribution in [2.45, 2.75) is 23.1 Å². The van der Waals surface area contributed by atoms with Crippen molar-refractivity contribution in [2.75, 3.05) is 7.11 Å². The minimum absolute atomic E-state index is 0.0170. The van der Waals surface area contributed by atoms with Crippen LogP contribution in [0.3, 0.4) is 0 Å². The van der Waals surface area contributed by atoms with Crippen molar-refractivity contribution in [1.82, 2.24) is 0 Å². The van der Waals surface area contributed by atoms with Crippen molar-refractivity contribution in [3.63, 3.8) is 0 Å². The molecule has 2 atom stereocenters. The Morgan fingerprint density at radius 1 is 1.10 bits per heavy atom. The maximum atomic E-state index is 6.20. The third kappa shape index (κ3) is 3.57. The van der Waals surface area contributed by atoms with Gasteiger partial charge in [0.15, 0.2) is 0 Å². The van der Waals surface area contributed by atoms with E-state index in [1.807, 2.05) is 43.3 Å². The fourth-order valence-electron chi connectivity index (χ4n) is 2.03. The van der Waals surface area contributed by atoms with Crippen LogP contribution in [0.2, 0.25) is 0 Å². The first-order valence-corrected chi connectivity index (χ1v) is 8.10. The van der Waals surface area contributed by atoms with E-state index >= 15 is 0 Å². The van der Waals surface area contributed by atoms with Gasteiger partial charge in [0, 0.05) is 21.0 Å². The summed E-state index contributed by atoms with van der Waals surface area (Å²) in [5.41, 5.74) is 7.33. The molecule has 106 valence electrons. The van der Waals surface area contributed by atoms with Gasteiger partial charge in [-0.1, -0.05) is 30.3 Å². The molecule has 0 amide bonds. The number of thioether (sulfide) groups is 1. The molecule has 0 aliphatic carbocycles. The fourth-order valence-corrected chi connectivity index (χ4v) is 3.75. The molecule has 0 saturated heterocycles. The summed E-state index contributed by atoms with van der Waals surface area (Å²) < 4.78 is 6.55. The third-order valence-electron chi connectivity index (χ3n) is 3.01. The predicted molar refractivity (Wildman–Crippen MR) is 89.4 cm³/mol. The van der Waals surface area contributed by atoms with Crippen LogP contribution < -0.4 is 10.5 Å². The van der Waals surface area contributed by atoms with Crippen molar-refractivity contribution in [2.24, 2.45) is 5.73 Å². The molecule has 2 aromatic carbocycles. The van der Waals surface area contributed by atoms with Crippen molar-refractivity contribution in [3.8, 4) is 5.75 Å². The van der Waals surface area contributed by atoms with Crippen LogP contribution in [-0.2, 0) is 0 Å². The molecule has 2 rings (SSSR count). The Balaban J connectivity index is 2.35. The average molecular weight is 352 g/mol. The second-order valence-corrected chi connectivity index (χ2v) is 6.61. The van der Waals surface area contributed by atoms with Gasteiger partial charge >= 0.3 is 0 Å². The van der Waals surface area contributed by atoms with E-state index in [0.717, 1.165) is 15.8 Å². The third-order valence-corrected chi connectivity index (χ3v) is 5.51. The SMILES string of the molecule is COc1ccccc1C(Sc1ccccc1Br)C(C)N. The molecular weight excluding hydrogens is 334 g/mol. The topological polar surface area (TPSA) is 35.2 Å². The van der Waals surface area contributed by atoms with Crippen LogP contribution in [0.5, 0.6) is 5.75 Å². The molecule has 20 heavy (non-hydrogen) atoms. The van der Waals surface area contributed by atoms with E-state index < -0.39 is 0 Å². The molecule has 0 aromatic heterocycles. The van der Waals surface area contributed by atoms with E-state index in [0.29, 0.717) is 0 Å². The lowest BCUT2D eigenvalue weighted by Crippen LogP contribution is -2.23. The van der Waals surface area contributed by atoms with Crippen LogP contribution in [0.1, 0.15) is 17.7 Å². The van der Waals surface area contributed by atoms with E-state index in [-0.39, 0.29) is 11.3 Å². The molecule has 0 radical (unpaired) electrons. The molecular formula is C16H18BrNOS. The van der Waals surface area contributed by atoms with E-state index in [9.17, 15) is 0 Å². The molecule has 0 fully saturated rings. The number of para-hydroxylation sites is 1. The van der Waals surface area contributed by atoms with Crippen molar-refractivity contribution >= 4 is 27.7 Å². The lowest BCUT2D eigenvalue weighted by Gasteiger charge is -2.23. The van der Waals surface area contributed by atoms with Gasteiger partial charge in [0.1, 0.15) is 5.75 Å². The summed E-state index contributed by atoms with van der Waals surface area (Å²) in [5, 5.41) is 0.143. The highest BCUT2D eigenvalue weighted by Crippen LogP contribution is 2.43. The van der Waals surface area contributed by atoms with E-state index in [1.54, 1.807) is 18.9 Å². The largest absolute Gasteiger partial charge is 0.496 e. The number of halogens is 1. The second-order valence-electron chi connectivity index (χ2n) is 4.57. The number of rotatable bonds is 5. The van der Waals surface area contributed by atoms with Crippen molar-refractivity contribution < 1.29 is 4.74 Å². The Morgan fingerprint density at radius 3 is 2.40 bits per heavy atom. The number of benzene rings is 2. The number of methoxy groups -OCH3 is 1. The lowest BCUT2D eigenvalue weighted by molar-refractivity contribution is 0.408. The molecule has 0 saturated carbocycles. The van der Waals surface area contributed by atoms with Gasteiger partial charge in [0.2, 0.25) is 0 Å². The van der Waals surface area contributed by atoms with Gasteiger partial charge in [-0.05, 0) is 41.1 Å². The Labute approximate surface area is 132 Å². The van der Waals surface area contributed by atoms with Crippen LogP contribution in [0.4, 0.5) is 0 Å². The molecule has 0 bridgehead atoms. The summed E-state index contributed by atoms with van der Waals surface area (Å²) in [7, 11) is 1.69. The summed E-state index contributed by atoms with van der Waals surface area (Å²) in [6.07, 6.45) is 0. The molecule has 2 nitrogen and oxygen atoms in total. The highest BCUT2D eigenvalue weighted by Gasteiger charge is 2.21. The molecule has 0 aliphatic heterocycles. The molecule has 2 N–H and O–H groups in total. The quantitative estimate of drug-likeness (QED) is 0.797. The summed E-state index contributed by atoms with van der Waals surface area (Å²) in [6, 6.07) is 16.3. The number of hydrogen-bond donors (Lipinski definition) is 1. The van der Waals surface area contributed by atoms with E-state index in [2.05, 4.69) is 28.1 Å². The summed E-state index contributed by atoms with van der Waals surface area (Å²) in [4.78, 5) is 1.18. The summed E-state index contributed by atoms with van der Waals surface area (Å²) in [6.45, 7) is 2.03. The monoisotopic (exact) mass is 351 g/mol. The van der Waals surface area contributed by atoms with Crippen LogP contribution in [0.25, 0.3) is 0 Å². The van der Waals surface area contributed by atoms with Gasteiger partial charge in [0.25, 0.3) is 0 Å².